The lowest BCUT2D eigenvalue weighted by molar-refractivity contribution is 0.0934. The van der Waals surface area contributed by atoms with Crippen LogP contribution in [0.25, 0.3) is 0 Å². The second-order valence-corrected chi connectivity index (χ2v) is 6.48. The van der Waals surface area contributed by atoms with Gasteiger partial charge in [0.2, 0.25) is 0 Å². The summed E-state index contributed by atoms with van der Waals surface area (Å²) in [5.41, 5.74) is 7.10. The molecule has 1 amide bonds. The Morgan fingerprint density at radius 2 is 2.00 bits per heavy atom. The monoisotopic (exact) mass is 292 g/mol. The fourth-order valence-corrected chi connectivity index (χ4v) is 2.94. The average Bonchev–Trinajstić information content (AvgIpc) is 3.05. The fraction of sp³-hybridized carbons (Fsp3) is 0.688. The van der Waals surface area contributed by atoms with Crippen LogP contribution in [-0.4, -0.2) is 41.6 Å². The van der Waals surface area contributed by atoms with Crippen LogP contribution >= 0.6 is 0 Å². The van der Waals surface area contributed by atoms with E-state index in [0.717, 1.165) is 6.54 Å². The number of nitrogens with two attached hydrogens (primary N) is 1. The Balaban J connectivity index is 1.86. The van der Waals surface area contributed by atoms with Gasteiger partial charge >= 0.3 is 0 Å². The van der Waals surface area contributed by atoms with Gasteiger partial charge in [-0.1, -0.05) is 6.92 Å². The maximum atomic E-state index is 12.3. The molecule has 2 heterocycles. The normalized spacial score (nSPS) is 17.3. The molecule has 1 aromatic rings. The highest BCUT2D eigenvalue weighted by Gasteiger charge is 2.17. The maximum absolute atomic E-state index is 12.3. The number of likely N-dealkylation sites (tertiary alicyclic amines) is 1. The number of hydrogen-bond donors (Lipinski definition) is 2. The first-order valence-corrected chi connectivity index (χ1v) is 7.95. The minimum absolute atomic E-state index is 0.0336. The van der Waals surface area contributed by atoms with Crippen molar-refractivity contribution in [1.82, 2.24) is 14.8 Å². The Hall–Kier alpha value is -1.49. The van der Waals surface area contributed by atoms with Gasteiger partial charge in [0.25, 0.3) is 5.91 Å². The van der Waals surface area contributed by atoms with E-state index >= 15 is 0 Å². The minimum Gasteiger partial charge on any atom is -0.397 e. The number of nitrogens with one attached hydrogen (secondary N) is 1. The molecule has 0 spiro atoms. The van der Waals surface area contributed by atoms with Gasteiger partial charge in [-0.05, 0) is 51.8 Å². The van der Waals surface area contributed by atoms with Gasteiger partial charge in [-0.25, -0.2) is 0 Å². The minimum atomic E-state index is -0.0336. The number of nitrogens with zero attached hydrogens (tertiary/aromatic N) is 2. The summed E-state index contributed by atoms with van der Waals surface area (Å²) < 4.78 is 1.93. The zero-order chi connectivity index (χ0) is 15.4. The van der Waals surface area contributed by atoms with Crippen LogP contribution in [0, 0.1) is 5.92 Å². The van der Waals surface area contributed by atoms with Crippen molar-refractivity contribution >= 4 is 11.6 Å². The molecule has 1 aromatic heterocycles. The smallest absolute Gasteiger partial charge is 0.268 e. The maximum Gasteiger partial charge on any atom is 0.268 e. The Labute approximate surface area is 127 Å². The summed E-state index contributed by atoms with van der Waals surface area (Å²) in [6.07, 6.45) is 4.44. The molecule has 0 radical (unpaired) electrons. The van der Waals surface area contributed by atoms with Crippen LogP contribution in [-0.2, 0) is 0 Å². The van der Waals surface area contributed by atoms with Crippen LogP contribution in [0.4, 0.5) is 5.69 Å². The van der Waals surface area contributed by atoms with Gasteiger partial charge in [-0.15, -0.1) is 0 Å². The predicted molar refractivity (Wildman–Crippen MR) is 86.4 cm³/mol. The lowest BCUT2D eigenvalue weighted by Crippen LogP contribution is -2.35. The number of carbonyl (C=O) groups is 1. The molecule has 1 unspecified atom stereocenters. The summed E-state index contributed by atoms with van der Waals surface area (Å²) in [5, 5.41) is 3.04. The van der Waals surface area contributed by atoms with E-state index in [1.807, 2.05) is 24.6 Å². The third kappa shape index (κ3) is 4.24. The van der Waals surface area contributed by atoms with Gasteiger partial charge in [0.15, 0.2) is 0 Å². The molecule has 5 nitrogen and oxygen atoms in total. The first kappa shape index (κ1) is 15.9. The van der Waals surface area contributed by atoms with Crippen molar-refractivity contribution < 1.29 is 4.79 Å². The van der Waals surface area contributed by atoms with Gasteiger partial charge in [0.1, 0.15) is 5.69 Å². The zero-order valence-corrected chi connectivity index (χ0v) is 13.4. The number of aromatic nitrogens is 1. The summed E-state index contributed by atoms with van der Waals surface area (Å²) >= 11 is 0. The molecule has 1 saturated heterocycles. The average molecular weight is 292 g/mol. The molecular formula is C16H28N4O. The third-order valence-electron chi connectivity index (χ3n) is 4.04. The number of carbonyl (C=O) groups excluding carboxylic acids is 1. The molecule has 0 aliphatic carbocycles. The summed E-state index contributed by atoms with van der Waals surface area (Å²) in [6.45, 7) is 10.5. The molecule has 21 heavy (non-hydrogen) atoms. The van der Waals surface area contributed by atoms with Crippen LogP contribution in [0.5, 0.6) is 0 Å². The van der Waals surface area contributed by atoms with Crippen molar-refractivity contribution in [3.05, 3.63) is 18.0 Å². The van der Waals surface area contributed by atoms with Gasteiger partial charge in [0, 0.05) is 25.3 Å². The van der Waals surface area contributed by atoms with Crippen LogP contribution in [0.15, 0.2) is 12.3 Å². The predicted octanol–water partition coefficient (Wildman–Crippen LogP) is 2.11. The van der Waals surface area contributed by atoms with Crippen LogP contribution in [0.2, 0.25) is 0 Å². The molecule has 1 aliphatic heterocycles. The third-order valence-corrected chi connectivity index (χ3v) is 4.04. The molecule has 0 aromatic carbocycles. The second-order valence-electron chi connectivity index (χ2n) is 6.48. The molecule has 5 heteroatoms. The largest absolute Gasteiger partial charge is 0.397 e. The molecule has 118 valence electrons. The lowest BCUT2D eigenvalue weighted by atomic mass is 10.1. The van der Waals surface area contributed by atoms with Gasteiger partial charge in [0.05, 0.1) is 5.69 Å². The van der Waals surface area contributed by atoms with E-state index in [2.05, 4.69) is 17.1 Å². The van der Waals surface area contributed by atoms with Crippen LogP contribution < -0.4 is 11.1 Å². The topological polar surface area (TPSA) is 63.3 Å². The van der Waals surface area contributed by atoms with E-state index < -0.39 is 0 Å². The molecule has 2 rings (SSSR count). The quantitative estimate of drug-likeness (QED) is 0.844. The molecule has 0 saturated carbocycles. The lowest BCUT2D eigenvalue weighted by Gasteiger charge is -2.20. The number of anilines is 1. The number of nitrogen functional groups attached to an aromatic ring is 1. The van der Waals surface area contributed by atoms with E-state index in [4.69, 9.17) is 5.73 Å². The number of rotatable bonds is 6. The SMILES string of the molecule is CC(CNC(=O)c1cc(N)cn1C(C)C)CN1CCCC1. The molecule has 3 N–H and O–H groups in total. The highest BCUT2D eigenvalue weighted by molar-refractivity contribution is 5.93. The number of amides is 1. The summed E-state index contributed by atoms with van der Waals surface area (Å²) in [4.78, 5) is 14.8. The first-order chi connectivity index (χ1) is 9.97. The summed E-state index contributed by atoms with van der Waals surface area (Å²) in [7, 11) is 0. The van der Waals surface area contributed by atoms with Gasteiger partial charge in [-0.2, -0.15) is 0 Å². The van der Waals surface area contributed by atoms with E-state index in [1.54, 1.807) is 6.07 Å². The van der Waals surface area contributed by atoms with Crippen molar-refractivity contribution in [2.24, 2.45) is 5.92 Å². The van der Waals surface area contributed by atoms with Crippen molar-refractivity contribution in [2.45, 2.75) is 39.7 Å². The Morgan fingerprint density at radius 3 is 2.62 bits per heavy atom. The highest BCUT2D eigenvalue weighted by atomic mass is 16.1. The first-order valence-electron chi connectivity index (χ1n) is 7.95. The molecule has 1 atom stereocenters. The van der Waals surface area contributed by atoms with Crippen molar-refractivity contribution in [3.63, 3.8) is 0 Å². The summed E-state index contributed by atoms with van der Waals surface area (Å²) in [5.74, 6) is 0.431. The second kappa shape index (κ2) is 6.98. The Kier molecular flexibility index (Phi) is 5.28. The van der Waals surface area contributed by atoms with Crippen LogP contribution in [0.3, 0.4) is 0 Å². The Morgan fingerprint density at radius 1 is 1.33 bits per heavy atom. The summed E-state index contributed by atoms with van der Waals surface area (Å²) in [6, 6.07) is 1.98. The van der Waals surface area contributed by atoms with E-state index in [9.17, 15) is 4.79 Å². The van der Waals surface area contributed by atoms with Crippen molar-refractivity contribution in [3.8, 4) is 0 Å². The molecular weight excluding hydrogens is 264 g/mol. The van der Waals surface area contributed by atoms with Gasteiger partial charge in [-0.3, -0.25) is 4.79 Å². The highest BCUT2D eigenvalue weighted by Crippen LogP contribution is 2.16. The van der Waals surface area contributed by atoms with E-state index in [-0.39, 0.29) is 11.9 Å². The van der Waals surface area contributed by atoms with Gasteiger partial charge < -0.3 is 20.5 Å². The molecule has 1 fully saturated rings. The Bertz CT molecular complexity index is 475. The number of hydrogen-bond acceptors (Lipinski definition) is 3. The van der Waals surface area contributed by atoms with E-state index in [1.165, 1.54) is 25.9 Å². The standard InChI is InChI=1S/C16H28N4O/c1-12(2)20-11-14(17)8-15(20)16(21)18-9-13(3)10-19-6-4-5-7-19/h8,11-13H,4-7,9-10,17H2,1-3H3,(H,18,21). The van der Waals surface area contributed by atoms with Crippen molar-refractivity contribution in [2.75, 3.05) is 31.9 Å². The molecule has 0 bridgehead atoms. The fourth-order valence-electron chi connectivity index (χ4n) is 2.94. The van der Waals surface area contributed by atoms with E-state index in [0.29, 0.717) is 23.8 Å². The van der Waals surface area contributed by atoms with Crippen LogP contribution in [0.1, 0.15) is 50.1 Å². The van der Waals surface area contributed by atoms with Crippen molar-refractivity contribution in [1.29, 1.82) is 0 Å². The molecule has 1 aliphatic rings. The zero-order valence-electron chi connectivity index (χ0n) is 13.4.